The lowest BCUT2D eigenvalue weighted by atomic mass is 10.1. The first-order chi connectivity index (χ1) is 13.2. The molecule has 2 rings (SSSR count). The van der Waals surface area contributed by atoms with E-state index >= 15 is 0 Å². The Morgan fingerprint density at radius 1 is 0.963 bits per heavy atom. The number of carbonyl (C=O) groups is 1. The van der Waals surface area contributed by atoms with Gasteiger partial charge in [0.05, 0.1) is 13.7 Å². The smallest absolute Gasteiger partial charge is 0.261 e. The van der Waals surface area contributed by atoms with E-state index in [1.807, 2.05) is 38.1 Å². The lowest BCUT2D eigenvalue weighted by Crippen LogP contribution is -2.38. The van der Waals surface area contributed by atoms with Crippen molar-refractivity contribution in [1.82, 2.24) is 5.32 Å². The fraction of sp³-hybridized carbons (Fsp3) is 0.409. The number of aryl methyl sites for hydroxylation is 1. The highest BCUT2D eigenvalue weighted by Gasteiger charge is 2.17. The van der Waals surface area contributed by atoms with Crippen molar-refractivity contribution in [2.24, 2.45) is 0 Å². The first-order valence-electron chi connectivity index (χ1n) is 9.46. The number of amides is 1. The number of carbonyl (C=O) groups excluding carboxylic acids is 1. The van der Waals surface area contributed by atoms with Gasteiger partial charge in [0.15, 0.2) is 6.10 Å². The maximum Gasteiger partial charge on any atom is 0.261 e. The summed E-state index contributed by atoms with van der Waals surface area (Å²) in [6.45, 7) is 5.20. The largest absolute Gasteiger partial charge is 0.497 e. The molecule has 0 radical (unpaired) electrons. The fourth-order valence-electron chi connectivity index (χ4n) is 2.68. The third kappa shape index (κ3) is 6.85. The predicted octanol–water partition coefficient (Wildman–Crippen LogP) is 4.00. The van der Waals surface area contributed by atoms with Gasteiger partial charge in [-0.3, -0.25) is 4.79 Å². The maximum absolute atomic E-state index is 12.4. The predicted molar refractivity (Wildman–Crippen MR) is 107 cm³/mol. The average Bonchev–Trinajstić information content (AvgIpc) is 2.71. The summed E-state index contributed by atoms with van der Waals surface area (Å²) in [5.41, 5.74) is 1.23. The van der Waals surface area contributed by atoms with E-state index in [2.05, 4.69) is 17.4 Å². The first kappa shape index (κ1) is 20.6. The Bertz CT molecular complexity index is 682. The summed E-state index contributed by atoms with van der Waals surface area (Å²) >= 11 is 0. The van der Waals surface area contributed by atoms with E-state index in [1.54, 1.807) is 19.2 Å². The normalized spacial score (nSPS) is 11.5. The van der Waals surface area contributed by atoms with Crippen LogP contribution in [-0.4, -0.2) is 32.3 Å². The standard InChI is InChI=1S/C22H29NO4/c1-4-21(27-20-14-12-18(25-3)13-15-20)22(24)23-16-6-7-17-8-10-19(11-9-17)26-5-2/h8-15,21H,4-7,16H2,1-3H3,(H,23,24)/t21-/m0/s1. The molecule has 1 atom stereocenters. The van der Waals surface area contributed by atoms with E-state index in [0.717, 1.165) is 24.3 Å². The molecule has 0 aliphatic heterocycles. The molecule has 146 valence electrons. The van der Waals surface area contributed by atoms with Crippen molar-refractivity contribution in [2.45, 2.75) is 39.2 Å². The van der Waals surface area contributed by atoms with E-state index in [1.165, 1.54) is 5.56 Å². The number of methoxy groups -OCH3 is 1. The summed E-state index contributed by atoms with van der Waals surface area (Å²) in [4.78, 5) is 12.4. The summed E-state index contributed by atoms with van der Waals surface area (Å²) in [5.74, 6) is 2.22. The van der Waals surface area contributed by atoms with Gasteiger partial charge in [-0.1, -0.05) is 19.1 Å². The van der Waals surface area contributed by atoms with E-state index < -0.39 is 6.10 Å². The molecule has 0 heterocycles. The molecule has 0 fully saturated rings. The lowest BCUT2D eigenvalue weighted by molar-refractivity contribution is -0.128. The molecule has 0 aliphatic carbocycles. The Kier molecular flexibility index (Phi) is 8.49. The molecule has 0 saturated carbocycles. The second-order valence-corrected chi connectivity index (χ2v) is 6.16. The van der Waals surface area contributed by atoms with Crippen LogP contribution in [0.5, 0.6) is 17.2 Å². The minimum atomic E-state index is -0.496. The highest BCUT2D eigenvalue weighted by Crippen LogP contribution is 2.19. The Morgan fingerprint density at radius 2 is 1.59 bits per heavy atom. The number of benzene rings is 2. The van der Waals surface area contributed by atoms with Gasteiger partial charge in [0.2, 0.25) is 0 Å². The number of ether oxygens (including phenoxy) is 3. The third-order valence-electron chi connectivity index (χ3n) is 4.18. The topological polar surface area (TPSA) is 56.8 Å². The first-order valence-corrected chi connectivity index (χ1v) is 9.46. The minimum absolute atomic E-state index is 0.0833. The monoisotopic (exact) mass is 371 g/mol. The van der Waals surface area contributed by atoms with E-state index in [0.29, 0.717) is 25.3 Å². The Hall–Kier alpha value is -2.69. The summed E-state index contributed by atoms with van der Waals surface area (Å²) in [5, 5.41) is 2.97. The second kappa shape index (κ2) is 11.1. The molecule has 0 bridgehead atoms. The van der Waals surface area contributed by atoms with Crippen molar-refractivity contribution in [3.63, 3.8) is 0 Å². The fourth-order valence-corrected chi connectivity index (χ4v) is 2.68. The van der Waals surface area contributed by atoms with Gasteiger partial charge in [-0.05, 0) is 68.1 Å². The molecule has 1 N–H and O–H groups in total. The van der Waals surface area contributed by atoms with Crippen LogP contribution in [0.3, 0.4) is 0 Å². The molecule has 0 aliphatic rings. The molecule has 0 unspecified atom stereocenters. The second-order valence-electron chi connectivity index (χ2n) is 6.16. The van der Waals surface area contributed by atoms with E-state index in [4.69, 9.17) is 14.2 Å². The summed E-state index contributed by atoms with van der Waals surface area (Å²) < 4.78 is 16.4. The summed E-state index contributed by atoms with van der Waals surface area (Å²) in [6.07, 6.45) is 1.89. The Balaban J connectivity index is 1.73. The molecule has 0 saturated heterocycles. The molecule has 1 amide bonds. The van der Waals surface area contributed by atoms with Gasteiger partial charge in [-0.25, -0.2) is 0 Å². The van der Waals surface area contributed by atoms with Gasteiger partial charge < -0.3 is 19.5 Å². The molecule has 0 aromatic heterocycles. The van der Waals surface area contributed by atoms with Gasteiger partial charge >= 0.3 is 0 Å². The van der Waals surface area contributed by atoms with Gasteiger partial charge in [-0.2, -0.15) is 0 Å². The maximum atomic E-state index is 12.4. The van der Waals surface area contributed by atoms with Crippen LogP contribution in [0.25, 0.3) is 0 Å². The van der Waals surface area contributed by atoms with Gasteiger partial charge in [-0.15, -0.1) is 0 Å². The van der Waals surface area contributed by atoms with Crippen LogP contribution in [0.1, 0.15) is 32.3 Å². The lowest BCUT2D eigenvalue weighted by Gasteiger charge is -2.17. The molecule has 2 aromatic rings. The molecular formula is C22H29NO4. The zero-order chi connectivity index (χ0) is 19.5. The number of hydrogen-bond acceptors (Lipinski definition) is 4. The summed E-state index contributed by atoms with van der Waals surface area (Å²) in [7, 11) is 1.62. The number of hydrogen-bond donors (Lipinski definition) is 1. The van der Waals surface area contributed by atoms with Crippen LogP contribution in [0, 0.1) is 0 Å². The molecule has 27 heavy (non-hydrogen) atoms. The highest BCUT2D eigenvalue weighted by atomic mass is 16.5. The summed E-state index contributed by atoms with van der Waals surface area (Å²) in [6, 6.07) is 15.3. The van der Waals surface area contributed by atoms with Gasteiger partial charge in [0.1, 0.15) is 17.2 Å². The van der Waals surface area contributed by atoms with Gasteiger partial charge in [0.25, 0.3) is 5.91 Å². The zero-order valence-corrected chi connectivity index (χ0v) is 16.4. The molecule has 5 nitrogen and oxygen atoms in total. The third-order valence-corrected chi connectivity index (χ3v) is 4.18. The van der Waals surface area contributed by atoms with Crippen molar-refractivity contribution in [3.05, 3.63) is 54.1 Å². The van der Waals surface area contributed by atoms with Crippen molar-refractivity contribution in [2.75, 3.05) is 20.3 Å². The van der Waals surface area contributed by atoms with Gasteiger partial charge in [0, 0.05) is 6.54 Å². The number of rotatable bonds is 11. The molecule has 5 heteroatoms. The number of nitrogens with one attached hydrogen (secondary N) is 1. The molecule has 0 spiro atoms. The van der Waals surface area contributed by atoms with Crippen molar-refractivity contribution < 1.29 is 19.0 Å². The van der Waals surface area contributed by atoms with Crippen molar-refractivity contribution >= 4 is 5.91 Å². The highest BCUT2D eigenvalue weighted by molar-refractivity contribution is 5.81. The minimum Gasteiger partial charge on any atom is -0.497 e. The molecular weight excluding hydrogens is 342 g/mol. The quantitative estimate of drug-likeness (QED) is 0.607. The van der Waals surface area contributed by atoms with E-state index in [-0.39, 0.29) is 5.91 Å². The van der Waals surface area contributed by atoms with Crippen LogP contribution in [0.15, 0.2) is 48.5 Å². The molecule has 2 aromatic carbocycles. The van der Waals surface area contributed by atoms with Crippen molar-refractivity contribution in [1.29, 1.82) is 0 Å². The van der Waals surface area contributed by atoms with Crippen LogP contribution in [0.4, 0.5) is 0 Å². The van der Waals surface area contributed by atoms with Crippen LogP contribution < -0.4 is 19.5 Å². The van der Waals surface area contributed by atoms with Crippen LogP contribution in [-0.2, 0) is 11.2 Å². The zero-order valence-electron chi connectivity index (χ0n) is 16.4. The SMILES string of the molecule is CCOc1ccc(CCCNC(=O)[C@H](CC)Oc2ccc(OC)cc2)cc1. The van der Waals surface area contributed by atoms with Crippen molar-refractivity contribution in [3.8, 4) is 17.2 Å². The van der Waals surface area contributed by atoms with Crippen LogP contribution in [0.2, 0.25) is 0 Å². The van der Waals surface area contributed by atoms with Crippen LogP contribution >= 0.6 is 0 Å². The Morgan fingerprint density at radius 3 is 2.19 bits per heavy atom. The Labute approximate surface area is 161 Å². The van der Waals surface area contributed by atoms with E-state index in [9.17, 15) is 4.79 Å². The average molecular weight is 371 g/mol.